The minimum Gasteiger partial charge on any atom is -0.478 e. The van der Waals surface area contributed by atoms with Gasteiger partial charge in [-0.2, -0.15) is 0 Å². The van der Waals surface area contributed by atoms with Crippen LogP contribution in [0.15, 0.2) is 23.1 Å². The van der Waals surface area contributed by atoms with Crippen LogP contribution in [-0.4, -0.2) is 31.6 Å². The van der Waals surface area contributed by atoms with Crippen molar-refractivity contribution in [3.05, 3.63) is 27.3 Å². The number of halogens is 1. The van der Waals surface area contributed by atoms with E-state index in [1.165, 1.54) is 18.2 Å². The monoisotopic (exact) mass is 424 g/mol. The van der Waals surface area contributed by atoms with Gasteiger partial charge in [-0.25, -0.2) is 17.9 Å². The fourth-order valence-electron chi connectivity index (χ4n) is 2.41. The van der Waals surface area contributed by atoms with Crippen LogP contribution in [0.25, 0.3) is 0 Å². The molecule has 0 aliphatic heterocycles. The minimum absolute atomic E-state index is 0.0218. The molecule has 0 radical (unpaired) electrons. The summed E-state index contributed by atoms with van der Waals surface area (Å²) in [5.74, 6) is -1.15. The van der Waals surface area contributed by atoms with E-state index < -0.39 is 16.0 Å². The summed E-state index contributed by atoms with van der Waals surface area (Å²) in [5, 5.41) is 9.08. The lowest BCUT2D eigenvalue weighted by atomic mass is 9.92. The van der Waals surface area contributed by atoms with Gasteiger partial charge in [-0.3, -0.25) is 0 Å². The first kappa shape index (κ1) is 16.7. The molecule has 4 N–H and O–H groups in total. The molecule has 0 bridgehead atoms. The molecule has 21 heavy (non-hydrogen) atoms. The number of carboxylic acid groups (broad SMARTS) is 1. The van der Waals surface area contributed by atoms with Gasteiger partial charge in [0.25, 0.3) is 0 Å². The molecule has 6 nitrogen and oxygen atoms in total. The molecule has 1 aliphatic rings. The van der Waals surface area contributed by atoms with Crippen molar-refractivity contribution in [3.8, 4) is 0 Å². The zero-order chi connectivity index (χ0) is 15.6. The third kappa shape index (κ3) is 3.93. The van der Waals surface area contributed by atoms with E-state index >= 15 is 0 Å². The summed E-state index contributed by atoms with van der Waals surface area (Å²) >= 11 is 1.86. The average Bonchev–Trinajstić information content (AvgIpc) is 2.41. The molecule has 1 aromatic rings. The molecule has 0 aromatic heterocycles. The second-order valence-corrected chi connectivity index (χ2v) is 8.00. The van der Waals surface area contributed by atoms with Gasteiger partial charge in [0.15, 0.2) is 0 Å². The molecule has 2 rings (SSSR count). The highest BCUT2D eigenvalue weighted by Gasteiger charge is 2.27. The molecule has 0 spiro atoms. The molecule has 1 fully saturated rings. The molecular weight excluding hydrogens is 407 g/mol. The van der Waals surface area contributed by atoms with Gasteiger partial charge in [-0.1, -0.05) is 12.8 Å². The quantitative estimate of drug-likeness (QED) is 0.636. The molecule has 2 atom stereocenters. The standard InChI is InChI=1S/C13H17IN2O4S/c14-10-6-5-8(7-9(10)13(17)18)21(19,20)16-12-4-2-1-3-11(12)15/h5-7,11-12,16H,1-4,15H2,(H,17,18). The topological polar surface area (TPSA) is 109 Å². The Hall–Kier alpha value is -0.710. The number of nitrogens with two attached hydrogens (primary N) is 1. The number of hydrogen-bond donors (Lipinski definition) is 3. The van der Waals surface area contributed by atoms with Crippen LogP contribution in [-0.2, 0) is 10.0 Å². The van der Waals surface area contributed by atoms with Crippen molar-refractivity contribution >= 4 is 38.6 Å². The summed E-state index contributed by atoms with van der Waals surface area (Å²) in [6.07, 6.45) is 3.44. The van der Waals surface area contributed by atoms with Crippen LogP contribution in [0.5, 0.6) is 0 Å². The Morgan fingerprint density at radius 3 is 2.62 bits per heavy atom. The Morgan fingerprint density at radius 2 is 2.00 bits per heavy atom. The Labute approximate surface area is 137 Å². The predicted octanol–water partition coefficient (Wildman–Crippen LogP) is 1.54. The van der Waals surface area contributed by atoms with Gasteiger partial charge in [0.1, 0.15) is 0 Å². The number of carboxylic acids is 1. The van der Waals surface area contributed by atoms with Gasteiger partial charge in [-0.05, 0) is 53.6 Å². The fourth-order valence-corrected chi connectivity index (χ4v) is 4.32. The summed E-state index contributed by atoms with van der Waals surface area (Å²) in [7, 11) is -3.76. The largest absolute Gasteiger partial charge is 0.478 e. The number of aromatic carboxylic acids is 1. The van der Waals surface area contributed by atoms with E-state index in [2.05, 4.69) is 4.72 Å². The van der Waals surface area contributed by atoms with Gasteiger partial charge in [-0.15, -0.1) is 0 Å². The Balaban J connectivity index is 2.27. The van der Waals surface area contributed by atoms with Crippen LogP contribution in [0.3, 0.4) is 0 Å². The molecule has 8 heteroatoms. The summed E-state index contributed by atoms with van der Waals surface area (Å²) in [6.45, 7) is 0. The molecule has 0 saturated heterocycles. The van der Waals surface area contributed by atoms with Crippen molar-refractivity contribution in [2.45, 2.75) is 42.7 Å². The first-order chi connectivity index (χ1) is 9.81. The summed E-state index contributed by atoms with van der Waals surface area (Å²) < 4.78 is 27.8. The Kier molecular flexibility index (Phi) is 5.23. The Morgan fingerprint density at radius 1 is 1.33 bits per heavy atom. The molecule has 1 aromatic carbocycles. The van der Waals surface area contributed by atoms with E-state index in [9.17, 15) is 13.2 Å². The van der Waals surface area contributed by atoms with Gasteiger partial charge in [0.05, 0.1) is 10.5 Å². The lowest BCUT2D eigenvalue weighted by Crippen LogP contribution is -2.49. The molecule has 116 valence electrons. The Bertz CT molecular complexity index is 648. The van der Waals surface area contributed by atoms with Crippen LogP contribution in [0.2, 0.25) is 0 Å². The SMILES string of the molecule is NC1CCCCC1NS(=O)(=O)c1ccc(I)c(C(=O)O)c1. The predicted molar refractivity (Wildman–Crippen MR) is 86.7 cm³/mol. The molecule has 1 aliphatic carbocycles. The van der Waals surface area contributed by atoms with Crippen molar-refractivity contribution in [1.82, 2.24) is 4.72 Å². The first-order valence-electron chi connectivity index (χ1n) is 6.62. The van der Waals surface area contributed by atoms with E-state index in [1.54, 1.807) is 0 Å². The van der Waals surface area contributed by atoms with E-state index in [-0.39, 0.29) is 22.5 Å². The van der Waals surface area contributed by atoms with Crippen molar-refractivity contribution in [2.24, 2.45) is 5.73 Å². The second kappa shape index (κ2) is 6.59. The molecular formula is C13H17IN2O4S. The van der Waals surface area contributed by atoms with E-state index in [1.807, 2.05) is 22.6 Å². The zero-order valence-electron chi connectivity index (χ0n) is 11.3. The molecule has 0 heterocycles. The lowest BCUT2D eigenvalue weighted by molar-refractivity contribution is 0.0695. The first-order valence-corrected chi connectivity index (χ1v) is 9.18. The molecule has 1 saturated carbocycles. The maximum absolute atomic E-state index is 12.4. The second-order valence-electron chi connectivity index (χ2n) is 5.12. The normalized spacial score (nSPS) is 23.0. The van der Waals surface area contributed by atoms with Crippen LogP contribution in [0, 0.1) is 3.57 Å². The number of nitrogens with one attached hydrogen (secondary N) is 1. The van der Waals surface area contributed by atoms with Crippen LogP contribution in [0.4, 0.5) is 0 Å². The van der Waals surface area contributed by atoms with Crippen molar-refractivity contribution in [3.63, 3.8) is 0 Å². The van der Waals surface area contributed by atoms with Crippen LogP contribution < -0.4 is 10.5 Å². The van der Waals surface area contributed by atoms with Crippen LogP contribution >= 0.6 is 22.6 Å². The van der Waals surface area contributed by atoms with E-state index in [0.717, 1.165) is 19.3 Å². The van der Waals surface area contributed by atoms with Crippen molar-refractivity contribution in [1.29, 1.82) is 0 Å². The third-order valence-electron chi connectivity index (χ3n) is 3.60. The number of sulfonamides is 1. The van der Waals surface area contributed by atoms with Gasteiger partial charge in [0.2, 0.25) is 10.0 Å². The lowest BCUT2D eigenvalue weighted by Gasteiger charge is -2.29. The van der Waals surface area contributed by atoms with Crippen molar-refractivity contribution in [2.75, 3.05) is 0 Å². The van der Waals surface area contributed by atoms with Crippen LogP contribution in [0.1, 0.15) is 36.0 Å². The van der Waals surface area contributed by atoms with Gasteiger partial charge in [0, 0.05) is 15.7 Å². The summed E-state index contributed by atoms with van der Waals surface area (Å²) in [6, 6.07) is 3.58. The summed E-state index contributed by atoms with van der Waals surface area (Å²) in [5.41, 5.74) is 5.92. The smallest absolute Gasteiger partial charge is 0.336 e. The highest BCUT2D eigenvalue weighted by atomic mass is 127. The highest BCUT2D eigenvalue weighted by molar-refractivity contribution is 14.1. The maximum Gasteiger partial charge on any atom is 0.336 e. The van der Waals surface area contributed by atoms with E-state index in [0.29, 0.717) is 9.99 Å². The van der Waals surface area contributed by atoms with Crippen molar-refractivity contribution < 1.29 is 18.3 Å². The number of benzene rings is 1. The number of hydrogen-bond acceptors (Lipinski definition) is 4. The summed E-state index contributed by atoms with van der Waals surface area (Å²) in [4.78, 5) is 11.1. The number of carbonyl (C=O) groups is 1. The minimum atomic E-state index is -3.76. The molecule has 0 amide bonds. The number of rotatable bonds is 4. The zero-order valence-corrected chi connectivity index (χ0v) is 14.2. The maximum atomic E-state index is 12.4. The molecule has 2 unspecified atom stereocenters. The van der Waals surface area contributed by atoms with Gasteiger partial charge >= 0.3 is 5.97 Å². The van der Waals surface area contributed by atoms with E-state index in [4.69, 9.17) is 10.8 Å². The average molecular weight is 424 g/mol. The fraction of sp³-hybridized carbons (Fsp3) is 0.462. The highest BCUT2D eigenvalue weighted by Crippen LogP contribution is 2.21. The third-order valence-corrected chi connectivity index (χ3v) is 6.03. The van der Waals surface area contributed by atoms with Gasteiger partial charge < -0.3 is 10.8 Å².